The lowest BCUT2D eigenvalue weighted by Crippen LogP contribution is -2.68. The molecule has 2 rings (SSSR count). The van der Waals surface area contributed by atoms with Crippen molar-refractivity contribution in [2.45, 2.75) is 141 Å². The minimum atomic E-state index is -0.00274. The number of hydroxylamine groups is 4. The molecule has 0 aromatic heterocycles. The summed E-state index contributed by atoms with van der Waals surface area (Å²) in [6.07, 6.45) is 9.38. The molecule has 0 amide bonds. The zero-order valence-corrected chi connectivity index (χ0v) is 23.0. The topological polar surface area (TPSA) is 54.2 Å². The molecular formula is C26H54N4O2. The van der Waals surface area contributed by atoms with Gasteiger partial charge in [-0.2, -0.15) is 10.1 Å². The summed E-state index contributed by atoms with van der Waals surface area (Å²) in [6.45, 7) is 20.7. The van der Waals surface area contributed by atoms with Crippen molar-refractivity contribution in [3.05, 3.63) is 0 Å². The molecule has 0 spiro atoms. The van der Waals surface area contributed by atoms with Crippen molar-refractivity contribution in [3.8, 4) is 0 Å². The molecular weight excluding hydrogens is 400 g/mol. The van der Waals surface area contributed by atoms with E-state index in [0.717, 1.165) is 45.2 Å². The SMILES string of the molecule is CON1C(C)(C)CC(N(CCCCCCN)C2CC(C)(C)N(OC)C(C)(C)C2)CC1(C)C. The summed E-state index contributed by atoms with van der Waals surface area (Å²) in [5, 5.41) is 4.47. The van der Waals surface area contributed by atoms with E-state index in [2.05, 4.69) is 70.4 Å². The quantitative estimate of drug-likeness (QED) is 0.470. The van der Waals surface area contributed by atoms with Crippen LogP contribution in [0.5, 0.6) is 0 Å². The summed E-state index contributed by atoms with van der Waals surface area (Å²) >= 11 is 0. The fourth-order valence-electron chi connectivity index (χ4n) is 7.33. The molecule has 0 aliphatic carbocycles. The van der Waals surface area contributed by atoms with E-state index in [1.54, 1.807) is 0 Å². The van der Waals surface area contributed by atoms with Gasteiger partial charge in [0.2, 0.25) is 0 Å². The van der Waals surface area contributed by atoms with Gasteiger partial charge in [0.15, 0.2) is 0 Å². The number of nitrogens with two attached hydrogens (primary N) is 1. The second-order valence-electron chi connectivity index (χ2n) is 12.8. The number of unbranched alkanes of at least 4 members (excludes halogenated alkanes) is 3. The van der Waals surface area contributed by atoms with Gasteiger partial charge < -0.3 is 15.4 Å². The molecule has 2 heterocycles. The maximum absolute atomic E-state index is 5.90. The van der Waals surface area contributed by atoms with E-state index in [0.29, 0.717) is 12.1 Å². The summed E-state index contributed by atoms with van der Waals surface area (Å²) in [6, 6.07) is 1.10. The first-order chi connectivity index (χ1) is 14.7. The van der Waals surface area contributed by atoms with Gasteiger partial charge in [0.1, 0.15) is 0 Å². The molecule has 32 heavy (non-hydrogen) atoms. The molecule has 2 fully saturated rings. The summed E-state index contributed by atoms with van der Waals surface area (Å²) in [5.74, 6) is 0. The predicted octanol–water partition coefficient (Wildman–Crippen LogP) is 4.97. The van der Waals surface area contributed by atoms with Crippen molar-refractivity contribution in [3.63, 3.8) is 0 Å². The first-order valence-electron chi connectivity index (χ1n) is 12.9. The Morgan fingerprint density at radius 1 is 0.656 bits per heavy atom. The van der Waals surface area contributed by atoms with E-state index in [9.17, 15) is 0 Å². The van der Waals surface area contributed by atoms with Crippen molar-refractivity contribution in [2.24, 2.45) is 5.73 Å². The summed E-state index contributed by atoms with van der Waals surface area (Å²) in [5.41, 5.74) is 5.72. The fourth-order valence-corrected chi connectivity index (χ4v) is 7.33. The molecule has 0 radical (unpaired) electrons. The van der Waals surface area contributed by atoms with Crippen LogP contribution in [-0.4, -0.2) is 76.6 Å². The molecule has 6 heteroatoms. The van der Waals surface area contributed by atoms with Crippen LogP contribution < -0.4 is 5.73 Å². The van der Waals surface area contributed by atoms with Crippen LogP contribution in [0, 0.1) is 0 Å². The third-order valence-electron chi connectivity index (χ3n) is 7.81. The lowest BCUT2D eigenvalue weighted by molar-refractivity contribution is -0.284. The Bertz CT molecular complexity index is 510. The van der Waals surface area contributed by atoms with E-state index in [1.807, 2.05) is 14.2 Å². The van der Waals surface area contributed by atoms with Crippen molar-refractivity contribution in [1.82, 2.24) is 15.0 Å². The second-order valence-corrected chi connectivity index (χ2v) is 12.8. The normalized spacial score (nSPS) is 26.6. The van der Waals surface area contributed by atoms with Crippen LogP contribution in [-0.2, 0) is 9.68 Å². The zero-order valence-electron chi connectivity index (χ0n) is 23.0. The highest BCUT2D eigenvalue weighted by molar-refractivity contribution is 5.05. The molecule has 190 valence electrons. The van der Waals surface area contributed by atoms with Crippen molar-refractivity contribution in [2.75, 3.05) is 27.3 Å². The third-order valence-corrected chi connectivity index (χ3v) is 7.81. The van der Waals surface area contributed by atoms with Gasteiger partial charge in [-0.1, -0.05) is 12.8 Å². The van der Waals surface area contributed by atoms with Gasteiger partial charge in [-0.05, 0) is 107 Å². The molecule has 2 aliphatic rings. The number of rotatable bonds is 10. The Balaban J connectivity index is 2.30. The molecule has 0 bridgehead atoms. The Kier molecular flexibility index (Phi) is 9.25. The molecule has 0 atom stereocenters. The van der Waals surface area contributed by atoms with E-state index in [1.165, 1.54) is 19.3 Å². The Morgan fingerprint density at radius 2 is 1.00 bits per heavy atom. The summed E-state index contributed by atoms with van der Waals surface area (Å²) in [7, 11) is 3.65. The highest BCUT2D eigenvalue weighted by Crippen LogP contribution is 2.45. The van der Waals surface area contributed by atoms with Crippen LogP contribution >= 0.6 is 0 Å². The molecule has 0 aromatic rings. The molecule has 6 nitrogen and oxygen atoms in total. The highest BCUT2D eigenvalue weighted by atomic mass is 16.7. The van der Waals surface area contributed by atoms with Crippen LogP contribution in [0.1, 0.15) is 107 Å². The van der Waals surface area contributed by atoms with Gasteiger partial charge in [0.25, 0.3) is 0 Å². The molecule has 2 aliphatic heterocycles. The van der Waals surface area contributed by atoms with Crippen LogP contribution in [0.25, 0.3) is 0 Å². The smallest absolute Gasteiger partial charge is 0.0575 e. The van der Waals surface area contributed by atoms with Gasteiger partial charge >= 0.3 is 0 Å². The van der Waals surface area contributed by atoms with E-state index < -0.39 is 0 Å². The molecule has 0 unspecified atom stereocenters. The maximum Gasteiger partial charge on any atom is 0.0575 e. The number of hydrogen-bond donors (Lipinski definition) is 1. The Morgan fingerprint density at radius 3 is 1.31 bits per heavy atom. The van der Waals surface area contributed by atoms with Gasteiger partial charge in [-0.25, -0.2) is 0 Å². The second kappa shape index (κ2) is 10.6. The largest absolute Gasteiger partial charge is 0.330 e. The lowest BCUT2D eigenvalue weighted by Gasteiger charge is -2.59. The van der Waals surface area contributed by atoms with Crippen LogP contribution in [0.2, 0.25) is 0 Å². The monoisotopic (exact) mass is 454 g/mol. The van der Waals surface area contributed by atoms with Gasteiger partial charge in [0.05, 0.1) is 14.2 Å². The Labute approximate surface area is 199 Å². The van der Waals surface area contributed by atoms with Crippen molar-refractivity contribution >= 4 is 0 Å². The third kappa shape index (κ3) is 6.25. The number of nitrogens with zero attached hydrogens (tertiary/aromatic N) is 3. The molecule has 2 saturated heterocycles. The van der Waals surface area contributed by atoms with Crippen molar-refractivity contribution < 1.29 is 9.68 Å². The summed E-state index contributed by atoms with van der Waals surface area (Å²) < 4.78 is 0. The predicted molar refractivity (Wildman–Crippen MR) is 134 cm³/mol. The minimum Gasteiger partial charge on any atom is -0.330 e. The van der Waals surface area contributed by atoms with Crippen LogP contribution in [0.4, 0.5) is 0 Å². The van der Waals surface area contributed by atoms with Gasteiger partial charge in [0, 0.05) is 34.2 Å². The van der Waals surface area contributed by atoms with Gasteiger partial charge in [-0.15, -0.1) is 0 Å². The molecule has 0 saturated carbocycles. The van der Waals surface area contributed by atoms with Gasteiger partial charge in [-0.3, -0.25) is 4.90 Å². The molecule has 0 aromatic carbocycles. The van der Waals surface area contributed by atoms with E-state index >= 15 is 0 Å². The van der Waals surface area contributed by atoms with Crippen LogP contribution in [0.15, 0.2) is 0 Å². The zero-order chi connectivity index (χ0) is 24.4. The maximum atomic E-state index is 5.90. The number of piperidine rings is 2. The minimum absolute atomic E-state index is 0.00274. The average molecular weight is 455 g/mol. The van der Waals surface area contributed by atoms with Crippen molar-refractivity contribution in [1.29, 1.82) is 0 Å². The first kappa shape index (κ1) is 28.0. The number of hydrogen-bond acceptors (Lipinski definition) is 6. The summed E-state index contributed by atoms with van der Waals surface area (Å²) in [4.78, 5) is 14.7. The van der Waals surface area contributed by atoms with E-state index in [4.69, 9.17) is 15.4 Å². The van der Waals surface area contributed by atoms with E-state index in [-0.39, 0.29) is 22.2 Å². The Hall–Kier alpha value is -0.240. The first-order valence-corrected chi connectivity index (χ1v) is 12.9. The van der Waals surface area contributed by atoms with Crippen LogP contribution in [0.3, 0.4) is 0 Å². The average Bonchev–Trinajstić information content (AvgIpc) is 2.61. The standard InChI is InChI=1S/C26H54N4O2/c1-23(2)17-21(18-24(3,4)29(23)31-9)28(16-14-12-11-13-15-27)22-19-25(5,6)30(32-10)26(7,8)20-22/h21-22H,11-20,27H2,1-10H3. The highest BCUT2D eigenvalue weighted by Gasteiger charge is 2.52. The fraction of sp³-hybridized carbons (Fsp3) is 1.00. The lowest BCUT2D eigenvalue weighted by atomic mass is 9.74. The molecule has 2 N–H and O–H groups in total.